The standard InChI is InChI=1S/C20H21ClF3N3O2/c1-29-16-5-3-15(4-6-16)26-8-10-27(11-9-26)19(28)13-25-14-2-7-18(21)17(12-14)20(22,23)24/h2-7,12,25H,8-11,13H2,1H3. The summed E-state index contributed by atoms with van der Waals surface area (Å²) in [5.74, 6) is 0.618. The first-order valence-corrected chi connectivity index (χ1v) is 9.43. The van der Waals surface area contributed by atoms with E-state index in [9.17, 15) is 18.0 Å². The smallest absolute Gasteiger partial charge is 0.417 e. The van der Waals surface area contributed by atoms with Gasteiger partial charge in [0.05, 0.1) is 24.2 Å². The number of carbonyl (C=O) groups is 1. The molecule has 156 valence electrons. The van der Waals surface area contributed by atoms with Gasteiger partial charge in [-0.25, -0.2) is 0 Å². The number of anilines is 2. The second-order valence-corrected chi connectivity index (χ2v) is 7.02. The Labute approximate surface area is 172 Å². The largest absolute Gasteiger partial charge is 0.497 e. The van der Waals surface area contributed by atoms with Gasteiger partial charge in [-0.3, -0.25) is 4.79 Å². The predicted octanol–water partition coefficient (Wildman–Crippen LogP) is 4.13. The molecule has 0 saturated carbocycles. The van der Waals surface area contributed by atoms with Gasteiger partial charge < -0.3 is 19.9 Å². The molecular weight excluding hydrogens is 407 g/mol. The number of piperazine rings is 1. The Bertz CT molecular complexity index is 851. The van der Waals surface area contributed by atoms with Crippen LogP contribution in [0.15, 0.2) is 42.5 Å². The molecule has 0 aliphatic carbocycles. The molecule has 3 rings (SSSR count). The molecule has 0 aromatic heterocycles. The molecule has 1 saturated heterocycles. The van der Waals surface area contributed by atoms with Crippen molar-refractivity contribution in [2.75, 3.05) is 50.1 Å². The third kappa shape index (κ3) is 5.26. The van der Waals surface area contributed by atoms with E-state index in [-0.39, 0.29) is 23.2 Å². The number of alkyl halides is 3. The van der Waals surface area contributed by atoms with E-state index in [2.05, 4.69) is 10.2 Å². The van der Waals surface area contributed by atoms with Crippen LogP contribution in [0, 0.1) is 0 Å². The normalized spacial score (nSPS) is 14.7. The molecule has 1 aliphatic heterocycles. The van der Waals surface area contributed by atoms with E-state index >= 15 is 0 Å². The minimum atomic E-state index is -4.55. The van der Waals surface area contributed by atoms with Gasteiger partial charge in [-0.15, -0.1) is 0 Å². The van der Waals surface area contributed by atoms with Gasteiger partial charge in [-0.05, 0) is 42.5 Å². The highest BCUT2D eigenvalue weighted by Crippen LogP contribution is 2.36. The Morgan fingerprint density at radius 2 is 1.76 bits per heavy atom. The summed E-state index contributed by atoms with van der Waals surface area (Å²) in [7, 11) is 1.61. The summed E-state index contributed by atoms with van der Waals surface area (Å²) in [4.78, 5) is 16.3. The summed E-state index contributed by atoms with van der Waals surface area (Å²) >= 11 is 5.61. The Kier molecular flexibility index (Phi) is 6.42. The number of halogens is 4. The number of carbonyl (C=O) groups excluding carboxylic acids is 1. The van der Waals surface area contributed by atoms with Crippen molar-refractivity contribution in [1.29, 1.82) is 0 Å². The molecule has 0 bridgehead atoms. The number of amides is 1. The molecule has 1 heterocycles. The molecule has 1 aliphatic rings. The molecule has 1 N–H and O–H groups in total. The fraction of sp³-hybridized carbons (Fsp3) is 0.350. The second-order valence-electron chi connectivity index (χ2n) is 6.61. The van der Waals surface area contributed by atoms with Crippen molar-refractivity contribution < 1.29 is 22.7 Å². The summed E-state index contributed by atoms with van der Waals surface area (Å²) in [5, 5.41) is 2.39. The highest BCUT2D eigenvalue weighted by Gasteiger charge is 2.33. The van der Waals surface area contributed by atoms with E-state index in [4.69, 9.17) is 16.3 Å². The molecule has 1 fully saturated rings. The molecule has 9 heteroatoms. The van der Waals surface area contributed by atoms with Crippen LogP contribution < -0.4 is 15.0 Å². The fourth-order valence-electron chi connectivity index (χ4n) is 3.15. The van der Waals surface area contributed by atoms with Crippen LogP contribution in [-0.4, -0.2) is 50.6 Å². The Morgan fingerprint density at radius 1 is 1.10 bits per heavy atom. The van der Waals surface area contributed by atoms with Crippen molar-refractivity contribution in [3.8, 4) is 5.75 Å². The zero-order chi connectivity index (χ0) is 21.0. The summed E-state index contributed by atoms with van der Waals surface area (Å²) in [6.45, 7) is 2.36. The van der Waals surface area contributed by atoms with Crippen LogP contribution in [0.3, 0.4) is 0 Å². The molecule has 0 atom stereocenters. The SMILES string of the molecule is COc1ccc(N2CCN(C(=O)CNc3ccc(Cl)c(C(F)(F)F)c3)CC2)cc1. The van der Waals surface area contributed by atoms with Crippen LogP contribution in [0.4, 0.5) is 24.5 Å². The molecule has 1 amide bonds. The summed E-state index contributed by atoms with van der Waals surface area (Å²) in [6.07, 6.45) is -4.55. The molecule has 5 nitrogen and oxygen atoms in total. The van der Waals surface area contributed by atoms with E-state index in [1.165, 1.54) is 12.1 Å². The van der Waals surface area contributed by atoms with Crippen molar-refractivity contribution in [3.05, 3.63) is 53.1 Å². The Morgan fingerprint density at radius 3 is 2.34 bits per heavy atom. The van der Waals surface area contributed by atoms with Crippen LogP contribution in [0.2, 0.25) is 5.02 Å². The van der Waals surface area contributed by atoms with Crippen LogP contribution in [0.25, 0.3) is 0 Å². The number of nitrogens with zero attached hydrogens (tertiary/aromatic N) is 2. The van der Waals surface area contributed by atoms with E-state index in [1.807, 2.05) is 24.3 Å². The lowest BCUT2D eigenvalue weighted by molar-refractivity contribution is -0.137. The first-order valence-electron chi connectivity index (χ1n) is 9.05. The van der Waals surface area contributed by atoms with Crippen molar-refractivity contribution in [3.63, 3.8) is 0 Å². The monoisotopic (exact) mass is 427 g/mol. The van der Waals surface area contributed by atoms with Gasteiger partial charge in [0.2, 0.25) is 5.91 Å². The summed E-state index contributed by atoms with van der Waals surface area (Å²) in [6, 6.07) is 11.2. The third-order valence-corrected chi connectivity index (χ3v) is 5.12. The topological polar surface area (TPSA) is 44.8 Å². The van der Waals surface area contributed by atoms with E-state index < -0.39 is 11.7 Å². The second kappa shape index (κ2) is 8.82. The minimum absolute atomic E-state index is 0.0819. The van der Waals surface area contributed by atoms with Crippen molar-refractivity contribution in [1.82, 2.24) is 4.90 Å². The molecule has 0 unspecified atom stereocenters. The van der Waals surface area contributed by atoms with Gasteiger partial charge in [0, 0.05) is 37.6 Å². The van der Waals surface area contributed by atoms with Crippen LogP contribution in [-0.2, 0) is 11.0 Å². The lowest BCUT2D eigenvalue weighted by Gasteiger charge is -2.36. The number of benzene rings is 2. The zero-order valence-corrected chi connectivity index (χ0v) is 16.6. The van der Waals surface area contributed by atoms with Crippen LogP contribution in [0.1, 0.15) is 5.56 Å². The number of hydrogen-bond donors (Lipinski definition) is 1. The lowest BCUT2D eigenvalue weighted by atomic mass is 10.2. The zero-order valence-electron chi connectivity index (χ0n) is 15.8. The molecule has 0 spiro atoms. The van der Waals surface area contributed by atoms with Crippen molar-refractivity contribution in [2.24, 2.45) is 0 Å². The molecule has 2 aromatic rings. The fourth-order valence-corrected chi connectivity index (χ4v) is 3.37. The van der Waals surface area contributed by atoms with Gasteiger partial charge >= 0.3 is 6.18 Å². The van der Waals surface area contributed by atoms with Gasteiger partial charge in [-0.2, -0.15) is 13.2 Å². The highest BCUT2D eigenvalue weighted by atomic mass is 35.5. The molecule has 2 aromatic carbocycles. The maximum Gasteiger partial charge on any atom is 0.417 e. The molecule has 0 radical (unpaired) electrons. The van der Waals surface area contributed by atoms with Crippen LogP contribution in [0.5, 0.6) is 5.75 Å². The minimum Gasteiger partial charge on any atom is -0.497 e. The quantitative estimate of drug-likeness (QED) is 0.779. The van der Waals surface area contributed by atoms with E-state index in [0.29, 0.717) is 26.2 Å². The predicted molar refractivity (Wildman–Crippen MR) is 107 cm³/mol. The van der Waals surface area contributed by atoms with Gasteiger partial charge in [0.15, 0.2) is 0 Å². The van der Waals surface area contributed by atoms with Gasteiger partial charge in [0.1, 0.15) is 5.75 Å². The number of rotatable bonds is 5. The first-order chi connectivity index (χ1) is 13.8. The Hall–Kier alpha value is -2.61. The van der Waals surface area contributed by atoms with Crippen molar-refractivity contribution >= 4 is 28.9 Å². The molecular formula is C20H21ClF3N3O2. The maximum absolute atomic E-state index is 12.9. The number of methoxy groups -OCH3 is 1. The van der Waals surface area contributed by atoms with Gasteiger partial charge in [-0.1, -0.05) is 11.6 Å². The number of hydrogen-bond acceptors (Lipinski definition) is 4. The number of ether oxygens (including phenoxy) is 1. The average Bonchev–Trinajstić information content (AvgIpc) is 2.72. The maximum atomic E-state index is 12.9. The molecule has 29 heavy (non-hydrogen) atoms. The number of nitrogens with one attached hydrogen (secondary N) is 1. The van der Waals surface area contributed by atoms with Crippen LogP contribution >= 0.6 is 11.6 Å². The lowest BCUT2D eigenvalue weighted by Crippen LogP contribution is -2.50. The van der Waals surface area contributed by atoms with Gasteiger partial charge in [0.25, 0.3) is 0 Å². The summed E-state index contributed by atoms with van der Waals surface area (Å²) < 4.78 is 44.0. The summed E-state index contributed by atoms with van der Waals surface area (Å²) in [5.41, 5.74) is 0.327. The van der Waals surface area contributed by atoms with Crippen molar-refractivity contribution in [2.45, 2.75) is 6.18 Å². The average molecular weight is 428 g/mol. The third-order valence-electron chi connectivity index (χ3n) is 4.79. The van der Waals surface area contributed by atoms with E-state index in [0.717, 1.165) is 17.5 Å². The van der Waals surface area contributed by atoms with E-state index in [1.54, 1.807) is 12.0 Å². The first kappa shape index (κ1) is 21.1. The Balaban J connectivity index is 1.52. The highest BCUT2D eigenvalue weighted by molar-refractivity contribution is 6.31.